The standard InChI is InChI=1S/C14H26O7/c1-11(2)20-9-13(15)18-7-5-17-6-8-19-14(16)10-21-12(3)4/h11-12H,5-10H2,1-4H3. The topological polar surface area (TPSA) is 80.3 Å². The molecule has 124 valence electrons. The van der Waals surface area contributed by atoms with Crippen molar-refractivity contribution in [1.29, 1.82) is 0 Å². The van der Waals surface area contributed by atoms with Crippen LogP contribution in [0, 0.1) is 0 Å². The molecule has 21 heavy (non-hydrogen) atoms. The number of carbonyl (C=O) groups excluding carboxylic acids is 2. The van der Waals surface area contributed by atoms with Gasteiger partial charge in [-0.2, -0.15) is 0 Å². The quantitative estimate of drug-likeness (QED) is 0.392. The largest absolute Gasteiger partial charge is 0.462 e. The molecule has 0 unspecified atom stereocenters. The zero-order valence-corrected chi connectivity index (χ0v) is 13.3. The Morgan fingerprint density at radius 1 is 0.714 bits per heavy atom. The van der Waals surface area contributed by atoms with E-state index in [9.17, 15) is 9.59 Å². The molecule has 0 saturated heterocycles. The molecule has 0 aromatic rings. The molecule has 0 heterocycles. The predicted octanol–water partition coefficient (Wildman–Crippen LogP) is 0.939. The molecule has 0 N–H and O–H groups in total. The van der Waals surface area contributed by atoms with Gasteiger partial charge in [0, 0.05) is 0 Å². The van der Waals surface area contributed by atoms with Gasteiger partial charge in [-0.1, -0.05) is 0 Å². The molecule has 7 nitrogen and oxygen atoms in total. The highest BCUT2D eigenvalue weighted by atomic mass is 16.6. The Morgan fingerprint density at radius 3 is 1.43 bits per heavy atom. The lowest BCUT2D eigenvalue weighted by molar-refractivity contribution is -0.153. The average Bonchev–Trinajstić information content (AvgIpc) is 2.41. The molecule has 0 rings (SSSR count). The zero-order valence-electron chi connectivity index (χ0n) is 13.3. The monoisotopic (exact) mass is 306 g/mol. The first-order chi connectivity index (χ1) is 9.91. The maximum atomic E-state index is 11.2. The maximum absolute atomic E-state index is 11.2. The van der Waals surface area contributed by atoms with Crippen molar-refractivity contribution in [3.8, 4) is 0 Å². The number of hydrogen-bond acceptors (Lipinski definition) is 7. The first kappa shape index (κ1) is 19.8. The summed E-state index contributed by atoms with van der Waals surface area (Å²) in [6, 6.07) is 0. The normalized spacial score (nSPS) is 11.0. The first-order valence-electron chi connectivity index (χ1n) is 7.04. The molecular weight excluding hydrogens is 280 g/mol. The summed E-state index contributed by atoms with van der Waals surface area (Å²) in [5.74, 6) is -0.853. The minimum absolute atomic E-state index is 0.0110. The zero-order chi connectivity index (χ0) is 16.1. The SMILES string of the molecule is CC(C)OCC(=O)OCCOCCOC(=O)COC(C)C. The van der Waals surface area contributed by atoms with Gasteiger partial charge in [-0.15, -0.1) is 0 Å². The van der Waals surface area contributed by atoms with Gasteiger partial charge in [0.15, 0.2) is 0 Å². The van der Waals surface area contributed by atoms with Gasteiger partial charge < -0.3 is 23.7 Å². The summed E-state index contributed by atoms with van der Waals surface area (Å²) < 4.78 is 25.0. The van der Waals surface area contributed by atoms with Crippen molar-refractivity contribution in [1.82, 2.24) is 0 Å². The van der Waals surface area contributed by atoms with Crippen molar-refractivity contribution in [3.63, 3.8) is 0 Å². The Balaban J connectivity index is 3.32. The lowest BCUT2D eigenvalue weighted by atomic mass is 10.5. The van der Waals surface area contributed by atoms with Gasteiger partial charge in [0.2, 0.25) is 0 Å². The highest BCUT2D eigenvalue weighted by Gasteiger charge is 2.05. The Hall–Kier alpha value is -1.18. The van der Waals surface area contributed by atoms with Gasteiger partial charge in [-0.05, 0) is 27.7 Å². The number of carbonyl (C=O) groups is 2. The van der Waals surface area contributed by atoms with E-state index >= 15 is 0 Å². The summed E-state index contributed by atoms with van der Waals surface area (Å²) in [7, 11) is 0. The molecule has 0 aliphatic heterocycles. The Bertz CT molecular complexity index is 261. The van der Waals surface area contributed by atoms with Crippen molar-refractivity contribution in [2.75, 3.05) is 39.6 Å². The van der Waals surface area contributed by atoms with Crippen LogP contribution < -0.4 is 0 Å². The molecule has 0 fully saturated rings. The third kappa shape index (κ3) is 15.0. The minimum atomic E-state index is -0.426. The van der Waals surface area contributed by atoms with Gasteiger partial charge in [0.1, 0.15) is 26.4 Å². The molecule has 7 heteroatoms. The van der Waals surface area contributed by atoms with Crippen LogP contribution in [0.4, 0.5) is 0 Å². The van der Waals surface area contributed by atoms with Crippen molar-refractivity contribution in [2.24, 2.45) is 0 Å². The van der Waals surface area contributed by atoms with Crippen LogP contribution >= 0.6 is 0 Å². The Kier molecular flexibility index (Phi) is 11.8. The minimum Gasteiger partial charge on any atom is -0.462 e. The molecule has 0 spiro atoms. The van der Waals surface area contributed by atoms with Crippen molar-refractivity contribution in [3.05, 3.63) is 0 Å². The van der Waals surface area contributed by atoms with Gasteiger partial charge in [0.25, 0.3) is 0 Å². The van der Waals surface area contributed by atoms with E-state index in [0.717, 1.165) is 0 Å². The van der Waals surface area contributed by atoms with E-state index in [0.29, 0.717) is 0 Å². The smallest absolute Gasteiger partial charge is 0.332 e. The molecule has 0 amide bonds. The van der Waals surface area contributed by atoms with Crippen LogP contribution in [0.1, 0.15) is 27.7 Å². The predicted molar refractivity (Wildman–Crippen MR) is 74.9 cm³/mol. The van der Waals surface area contributed by atoms with Crippen LogP contribution in [0.3, 0.4) is 0 Å². The fourth-order valence-corrected chi connectivity index (χ4v) is 1.08. The van der Waals surface area contributed by atoms with Gasteiger partial charge in [-0.3, -0.25) is 0 Å². The van der Waals surface area contributed by atoms with Crippen molar-refractivity contribution in [2.45, 2.75) is 39.9 Å². The third-order valence-corrected chi connectivity index (χ3v) is 2.05. The summed E-state index contributed by atoms with van der Waals surface area (Å²) >= 11 is 0. The lowest BCUT2D eigenvalue weighted by Gasteiger charge is -2.09. The van der Waals surface area contributed by atoms with Crippen molar-refractivity contribution < 1.29 is 33.3 Å². The lowest BCUT2D eigenvalue weighted by Crippen LogP contribution is -2.20. The van der Waals surface area contributed by atoms with Crippen LogP contribution in [0.15, 0.2) is 0 Å². The van der Waals surface area contributed by atoms with Crippen LogP contribution in [0.5, 0.6) is 0 Å². The molecule has 0 aliphatic carbocycles. The summed E-state index contributed by atoms with van der Waals surface area (Å²) in [5.41, 5.74) is 0. The second-order valence-corrected chi connectivity index (χ2v) is 4.77. The molecule has 0 aromatic heterocycles. The Labute approximate surface area is 125 Å². The number of hydrogen-bond donors (Lipinski definition) is 0. The number of ether oxygens (including phenoxy) is 5. The summed E-state index contributed by atoms with van der Waals surface area (Å²) in [4.78, 5) is 22.3. The van der Waals surface area contributed by atoms with E-state index < -0.39 is 11.9 Å². The van der Waals surface area contributed by atoms with Crippen LogP contribution in [-0.2, 0) is 33.3 Å². The molecule has 0 atom stereocenters. The molecule has 0 aliphatic rings. The van der Waals surface area contributed by atoms with E-state index in [2.05, 4.69) is 0 Å². The van der Waals surface area contributed by atoms with E-state index in [-0.39, 0.29) is 51.8 Å². The molecule has 0 bridgehead atoms. The second kappa shape index (κ2) is 12.6. The average molecular weight is 306 g/mol. The molecule has 0 saturated carbocycles. The van der Waals surface area contributed by atoms with E-state index in [1.807, 2.05) is 27.7 Å². The number of esters is 2. The van der Waals surface area contributed by atoms with E-state index in [1.165, 1.54) is 0 Å². The van der Waals surface area contributed by atoms with Gasteiger partial charge in [0.05, 0.1) is 25.4 Å². The fourth-order valence-electron chi connectivity index (χ4n) is 1.08. The molecule has 0 aromatic carbocycles. The van der Waals surface area contributed by atoms with Crippen LogP contribution in [0.25, 0.3) is 0 Å². The third-order valence-electron chi connectivity index (χ3n) is 2.05. The highest BCUT2D eigenvalue weighted by molar-refractivity contribution is 5.71. The fraction of sp³-hybridized carbons (Fsp3) is 0.857. The summed E-state index contributed by atoms with van der Waals surface area (Å²) in [6.45, 7) is 7.99. The summed E-state index contributed by atoms with van der Waals surface area (Å²) in [5, 5.41) is 0. The molecular formula is C14H26O7. The molecule has 0 radical (unpaired) electrons. The Morgan fingerprint density at radius 2 is 1.10 bits per heavy atom. The maximum Gasteiger partial charge on any atom is 0.332 e. The summed E-state index contributed by atoms with van der Waals surface area (Å²) in [6.07, 6.45) is -0.0219. The highest BCUT2D eigenvalue weighted by Crippen LogP contribution is 1.91. The number of rotatable bonds is 12. The van der Waals surface area contributed by atoms with Gasteiger partial charge in [-0.25, -0.2) is 9.59 Å². The first-order valence-corrected chi connectivity index (χ1v) is 7.04. The van der Waals surface area contributed by atoms with E-state index in [1.54, 1.807) is 0 Å². The van der Waals surface area contributed by atoms with E-state index in [4.69, 9.17) is 23.7 Å². The van der Waals surface area contributed by atoms with Crippen molar-refractivity contribution >= 4 is 11.9 Å². The van der Waals surface area contributed by atoms with Crippen LogP contribution in [-0.4, -0.2) is 63.8 Å². The van der Waals surface area contributed by atoms with Gasteiger partial charge >= 0.3 is 11.9 Å². The second-order valence-electron chi connectivity index (χ2n) is 4.77. The van der Waals surface area contributed by atoms with Crippen LogP contribution in [0.2, 0.25) is 0 Å².